The Hall–Kier alpha value is -2.61. The number of rotatable bonds is 3. The van der Waals surface area contributed by atoms with E-state index in [1.807, 2.05) is 12.4 Å². The number of benzene rings is 2. The van der Waals surface area contributed by atoms with Gasteiger partial charge in [0.15, 0.2) is 0 Å². The molecule has 1 fully saturated rings. The highest BCUT2D eigenvalue weighted by Gasteiger charge is 2.13. The Morgan fingerprint density at radius 1 is 0.923 bits per heavy atom. The topological polar surface area (TPSA) is 16.1 Å². The molecule has 0 radical (unpaired) electrons. The van der Waals surface area contributed by atoms with Crippen LogP contribution >= 0.6 is 0 Å². The van der Waals surface area contributed by atoms with E-state index >= 15 is 0 Å². The number of aromatic nitrogens is 1. The maximum atomic E-state index is 4.40. The van der Waals surface area contributed by atoms with Gasteiger partial charge in [0.05, 0.1) is 0 Å². The van der Waals surface area contributed by atoms with Gasteiger partial charge in [-0.25, -0.2) is 0 Å². The Labute approximate surface area is 156 Å². The van der Waals surface area contributed by atoms with Crippen molar-refractivity contribution in [2.24, 2.45) is 0 Å². The van der Waals surface area contributed by atoms with Crippen LogP contribution in [0.2, 0.25) is 0 Å². The first kappa shape index (κ1) is 16.8. The number of hydrogen-bond acceptors (Lipinski definition) is 2. The molecule has 2 heterocycles. The summed E-state index contributed by atoms with van der Waals surface area (Å²) in [6, 6.07) is 17.3. The van der Waals surface area contributed by atoms with Crippen LogP contribution in [0.25, 0.3) is 22.4 Å². The van der Waals surface area contributed by atoms with Crippen LogP contribution in [0, 0.1) is 0 Å². The first-order valence-corrected chi connectivity index (χ1v) is 9.68. The van der Waals surface area contributed by atoms with Gasteiger partial charge in [-0.05, 0) is 53.8 Å². The molecule has 132 valence electrons. The maximum Gasteiger partial charge on any atom is 0.0470 e. The van der Waals surface area contributed by atoms with Gasteiger partial charge in [-0.15, -0.1) is 0 Å². The number of allylic oxidation sites excluding steroid dienone is 1. The van der Waals surface area contributed by atoms with E-state index in [4.69, 9.17) is 0 Å². The SMILES string of the molecule is C/C(=C\c1cnccc1N1CCCCCC1)c1cccc2ccccc12. The Bertz CT molecular complexity index is 913. The molecule has 1 aromatic heterocycles. The largest absolute Gasteiger partial charge is 0.371 e. The molecule has 2 aromatic carbocycles. The van der Waals surface area contributed by atoms with Crippen LogP contribution in [0.15, 0.2) is 60.9 Å². The standard InChI is InChI=1S/C24H26N2/c1-19(22-12-8-10-20-9-4-5-11-23(20)22)17-21-18-25-14-13-24(21)26-15-6-2-3-7-16-26/h4-5,8-14,17-18H,2-3,6-7,15-16H2,1H3/b19-17+. The quantitative estimate of drug-likeness (QED) is 0.565. The molecule has 0 bridgehead atoms. The van der Waals surface area contributed by atoms with Crippen molar-refractivity contribution in [3.05, 3.63) is 72.1 Å². The molecular formula is C24H26N2. The Morgan fingerprint density at radius 3 is 2.54 bits per heavy atom. The predicted molar refractivity (Wildman–Crippen MR) is 112 cm³/mol. The van der Waals surface area contributed by atoms with E-state index in [9.17, 15) is 0 Å². The number of nitrogens with zero attached hydrogens (tertiary/aromatic N) is 2. The fraction of sp³-hybridized carbons (Fsp3) is 0.292. The lowest BCUT2D eigenvalue weighted by atomic mass is 9.97. The third-order valence-corrected chi connectivity index (χ3v) is 5.36. The van der Waals surface area contributed by atoms with Gasteiger partial charge in [0.2, 0.25) is 0 Å². The molecule has 0 saturated carbocycles. The average Bonchev–Trinajstić information content (AvgIpc) is 2.97. The second-order valence-corrected chi connectivity index (χ2v) is 7.19. The van der Waals surface area contributed by atoms with Crippen molar-refractivity contribution in [3.8, 4) is 0 Å². The summed E-state index contributed by atoms with van der Waals surface area (Å²) in [5, 5.41) is 2.60. The number of hydrogen-bond donors (Lipinski definition) is 0. The Kier molecular flexibility index (Phi) is 5.01. The lowest BCUT2D eigenvalue weighted by Crippen LogP contribution is -2.24. The van der Waals surface area contributed by atoms with Gasteiger partial charge in [0, 0.05) is 36.7 Å². The molecule has 0 unspecified atom stereocenters. The van der Waals surface area contributed by atoms with E-state index in [0.29, 0.717) is 0 Å². The zero-order valence-electron chi connectivity index (χ0n) is 15.5. The number of pyridine rings is 1. The molecule has 3 aromatic rings. The fourth-order valence-corrected chi connectivity index (χ4v) is 3.99. The first-order chi connectivity index (χ1) is 12.8. The van der Waals surface area contributed by atoms with Crippen LogP contribution in [0.5, 0.6) is 0 Å². The van der Waals surface area contributed by atoms with E-state index in [2.05, 4.69) is 71.4 Å². The summed E-state index contributed by atoms with van der Waals surface area (Å²) in [7, 11) is 0. The van der Waals surface area contributed by atoms with Gasteiger partial charge >= 0.3 is 0 Å². The van der Waals surface area contributed by atoms with Crippen molar-refractivity contribution in [3.63, 3.8) is 0 Å². The van der Waals surface area contributed by atoms with Crippen LogP contribution in [0.1, 0.15) is 43.7 Å². The van der Waals surface area contributed by atoms with Crippen molar-refractivity contribution < 1.29 is 0 Å². The Balaban J connectivity index is 1.74. The molecule has 0 atom stereocenters. The van der Waals surface area contributed by atoms with E-state index in [1.54, 1.807) is 0 Å². The number of anilines is 1. The lowest BCUT2D eigenvalue weighted by molar-refractivity contribution is 0.726. The molecular weight excluding hydrogens is 316 g/mol. The highest BCUT2D eigenvalue weighted by molar-refractivity contribution is 5.97. The minimum Gasteiger partial charge on any atom is -0.371 e. The molecule has 4 rings (SSSR count). The van der Waals surface area contributed by atoms with Gasteiger partial charge in [-0.2, -0.15) is 0 Å². The molecule has 0 aliphatic carbocycles. The normalized spacial score (nSPS) is 15.9. The minimum atomic E-state index is 1.15. The lowest BCUT2D eigenvalue weighted by Gasteiger charge is -2.24. The van der Waals surface area contributed by atoms with E-state index in [0.717, 1.165) is 13.1 Å². The van der Waals surface area contributed by atoms with Crippen LogP contribution < -0.4 is 4.90 Å². The van der Waals surface area contributed by atoms with Crippen LogP contribution in [-0.4, -0.2) is 18.1 Å². The zero-order chi connectivity index (χ0) is 17.8. The van der Waals surface area contributed by atoms with Crippen molar-refractivity contribution in [1.29, 1.82) is 0 Å². The molecule has 26 heavy (non-hydrogen) atoms. The monoisotopic (exact) mass is 342 g/mol. The minimum absolute atomic E-state index is 1.15. The molecule has 2 heteroatoms. The van der Waals surface area contributed by atoms with Crippen LogP contribution in [-0.2, 0) is 0 Å². The van der Waals surface area contributed by atoms with Gasteiger partial charge in [0.1, 0.15) is 0 Å². The van der Waals surface area contributed by atoms with Gasteiger partial charge in [-0.1, -0.05) is 55.3 Å². The number of fused-ring (bicyclic) bond motifs is 1. The molecule has 1 aliphatic rings. The summed E-state index contributed by atoms with van der Waals surface area (Å²) in [5.74, 6) is 0. The molecule has 0 amide bonds. The predicted octanol–water partition coefficient (Wildman–Crippen LogP) is 6.18. The highest BCUT2D eigenvalue weighted by atomic mass is 15.1. The fourth-order valence-electron chi connectivity index (χ4n) is 3.99. The smallest absolute Gasteiger partial charge is 0.0470 e. The van der Waals surface area contributed by atoms with E-state index < -0.39 is 0 Å². The summed E-state index contributed by atoms with van der Waals surface area (Å²) in [6.45, 7) is 4.51. The van der Waals surface area contributed by atoms with Gasteiger partial charge < -0.3 is 4.90 Å². The van der Waals surface area contributed by atoms with Crippen molar-refractivity contribution >= 4 is 28.1 Å². The van der Waals surface area contributed by atoms with Crippen molar-refractivity contribution in [2.75, 3.05) is 18.0 Å². The summed E-state index contributed by atoms with van der Waals surface area (Å²) in [6.07, 6.45) is 11.5. The molecule has 1 aliphatic heterocycles. The summed E-state index contributed by atoms with van der Waals surface area (Å²) in [5.41, 5.74) is 5.13. The summed E-state index contributed by atoms with van der Waals surface area (Å²) in [4.78, 5) is 6.94. The summed E-state index contributed by atoms with van der Waals surface area (Å²) < 4.78 is 0. The average molecular weight is 342 g/mol. The molecule has 1 saturated heterocycles. The second kappa shape index (κ2) is 7.74. The third kappa shape index (κ3) is 3.50. The third-order valence-electron chi connectivity index (χ3n) is 5.36. The second-order valence-electron chi connectivity index (χ2n) is 7.19. The maximum absolute atomic E-state index is 4.40. The van der Waals surface area contributed by atoms with E-state index in [-0.39, 0.29) is 0 Å². The van der Waals surface area contributed by atoms with Gasteiger partial charge in [0.25, 0.3) is 0 Å². The first-order valence-electron chi connectivity index (χ1n) is 9.68. The molecule has 0 N–H and O–H groups in total. The van der Waals surface area contributed by atoms with E-state index in [1.165, 1.54) is 58.8 Å². The van der Waals surface area contributed by atoms with Gasteiger partial charge in [-0.3, -0.25) is 4.98 Å². The molecule has 2 nitrogen and oxygen atoms in total. The van der Waals surface area contributed by atoms with Crippen molar-refractivity contribution in [1.82, 2.24) is 4.98 Å². The van der Waals surface area contributed by atoms with Crippen molar-refractivity contribution in [2.45, 2.75) is 32.6 Å². The van der Waals surface area contributed by atoms with Crippen LogP contribution in [0.3, 0.4) is 0 Å². The van der Waals surface area contributed by atoms with Crippen LogP contribution in [0.4, 0.5) is 5.69 Å². The zero-order valence-corrected chi connectivity index (χ0v) is 15.5. The molecule has 0 spiro atoms. The summed E-state index contributed by atoms with van der Waals surface area (Å²) >= 11 is 0. The Morgan fingerprint density at radius 2 is 1.69 bits per heavy atom. The highest BCUT2D eigenvalue weighted by Crippen LogP contribution is 2.30.